The van der Waals surface area contributed by atoms with Crippen LogP contribution >= 0.6 is 27.7 Å². The van der Waals surface area contributed by atoms with Gasteiger partial charge < -0.3 is 19.9 Å². The van der Waals surface area contributed by atoms with Crippen LogP contribution in [-0.2, 0) is 13.6 Å². The number of nitrogens with one attached hydrogen (secondary N) is 1. The first kappa shape index (κ1) is 17.7. The monoisotopic (exact) mass is 388 g/mol. The lowest BCUT2D eigenvalue weighted by molar-refractivity contribution is 0.0776. The van der Waals surface area contributed by atoms with Crippen LogP contribution in [0.2, 0.25) is 0 Å². The van der Waals surface area contributed by atoms with Crippen LogP contribution in [0.15, 0.2) is 21.7 Å². The molecule has 2 N–H and O–H groups in total. The zero-order valence-corrected chi connectivity index (χ0v) is 15.9. The van der Waals surface area contributed by atoms with Crippen molar-refractivity contribution in [3.63, 3.8) is 0 Å². The molecule has 1 aliphatic rings. The Balaban J connectivity index is 2.04. The molecule has 1 aliphatic heterocycles. The Morgan fingerprint density at radius 1 is 1.64 bits per heavy atom. The van der Waals surface area contributed by atoms with Crippen LogP contribution in [0.3, 0.4) is 0 Å². The molecule has 1 fully saturated rings. The molecule has 124 valence electrons. The highest BCUT2D eigenvalue weighted by Gasteiger charge is 2.31. The largest absolute Gasteiger partial charge is 0.387 e. The van der Waals surface area contributed by atoms with E-state index in [0.717, 1.165) is 41.4 Å². The van der Waals surface area contributed by atoms with Crippen molar-refractivity contribution in [2.75, 3.05) is 31.6 Å². The molecule has 1 aromatic heterocycles. The van der Waals surface area contributed by atoms with E-state index in [2.05, 4.69) is 48.7 Å². The van der Waals surface area contributed by atoms with Crippen LogP contribution in [0.25, 0.3) is 0 Å². The molecule has 0 saturated carbocycles. The van der Waals surface area contributed by atoms with Gasteiger partial charge in [0.05, 0.1) is 18.7 Å². The second-order valence-corrected chi connectivity index (χ2v) is 7.83. The Morgan fingerprint density at radius 2 is 2.41 bits per heavy atom. The van der Waals surface area contributed by atoms with Crippen LogP contribution in [0.5, 0.6) is 0 Å². The molecule has 1 unspecified atom stereocenters. The molecule has 1 atom stereocenters. The summed E-state index contributed by atoms with van der Waals surface area (Å²) >= 11 is 5.30. The van der Waals surface area contributed by atoms with Gasteiger partial charge in [-0.2, -0.15) is 11.8 Å². The van der Waals surface area contributed by atoms with Gasteiger partial charge in [-0.05, 0) is 41.1 Å². The minimum atomic E-state index is -0.639. The molecular formula is C15H25BrN4OS. The van der Waals surface area contributed by atoms with E-state index >= 15 is 0 Å². The van der Waals surface area contributed by atoms with E-state index in [1.54, 1.807) is 11.8 Å². The second-order valence-electron chi connectivity index (χ2n) is 5.81. The predicted octanol–water partition coefficient (Wildman–Crippen LogP) is 2.05. The molecule has 1 saturated heterocycles. The number of hydrogen-bond acceptors (Lipinski definition) is 3. The van der Waals surface area contributed by atoms with Gasteiger partial charge in [-0.1, -0.05) is 0 Å². The van der Waals surface area contributed by atoms with Crippen LogP contribution < -0.4 is 5.32 Å². The van der Waals surface area contributed by atoms with Crippen molar-refractivity contribution >= 4 is 33.7 Å². The summed E-state index contributed by atoms with van der Waals surface area (Å²) < 4.78 is 3.18. The quantitative estimate of drug-likeness (QED) is 0.598. The number of aromatic nitrogens is 1. The molecule has 5 nitrogen and oxygen atoms in total. The Hall–Kier alpha value is -0.660. The lowest BCUT2D eigenvalue weighted by Crippen LogP contribution is -2.41. The summed E-state index contributed by atoms with van der Waals surface area (Å²) in [6.45, 7) is 4.10. The van der Waals surface area contributed by atoms with Crippen LogP contribution in [0.4, 0.5) is 0 Å². The number of rotatable bonds is 5. The van der Waals surface area contributed by atoms with Gasteiger partial charge in [-0.3, -0.25) is 4.99 Å². The van der Waals surface area contributed by atoms with Crippen LogP contribution in [0, 0.1) is 0 Å². The fourth-order valence-electron chi connectivity index (χ4n) is 2.45. The third-order valence-electron chi connectivity index (χ3n) is 3.78. The third kappa shape index (κ3) is 4.67. The summed E-state index contributed by atoms with van der Waals surface area (Å²) in [4.78, 5) is 6.74. The van der Waals surface area contributed by atoms with Gasteiger partial charge in [0, 0.05) is 42.8 Å². The number of halogens is 1. The minimum Gasteiger partial charge on any atom is -0.387 e. The number of aryl methyl sites for hydroxylation is 1. The van der Waals surface area contributed by atoms with Gasteiger partial charge in [0.1, 0.15) is 0 Å². The van der Waals surface area contributed by atoms with Crippen LogP contribution in [0.1, 0.15) is 19.0 Å². The van der Waals surface area contributed by atoms with E-state index in [9.17, 15) is 5.11 Å². The van der Waals surface area contributed by atoms with Crippen LogP contribution in [-0.4, -0.2) is 57.8 Å². The van der Waals surface area contributed by atoms with Gasteiger partial charge >= 0.3 is 0 Å². The topological polar surface area (TPSA) is 52.8 Å². The SMILES string of the molecule is CCNC(=NCC1(O)CCSC1)N(C)Cc1cc(Br)cn1C. The van der Waals surface area contributed by atoms with Crippen molar-refractivity contribution in [1.29, 1.82) is 0 Å². The summed E-state index contributed by atoms with van der Waals surface area (Å²) in [5.74, 6) is 2.64. The van der Waals surface area contributed by atoms with Gasteiger partial charge in [-0.25, -0.2) is 0 Å². The number of nitrogens with zero attached hydrogens (tertiary/aromatic N) is 3. The van der Waals surface area contributed by atoms with Gasteiger partial charge in [-0.15, -0.1) is 0 Å². The zero-order chi connectivity index (χ0) is 16.2. The predicted molar refractivity (Wildman–Crippen MR) is 97.5 cm³/mol. The van der Waals surface area contributed by atoms with Gasteiger partial charge in [0.2, 0.25) is 0 Å². The van der Waals surface area contributed by atoms with E-state index < -0.39 is 5.60 Å². The number of hydrogen-bond donors (Lipinski definition) is 2. The molecule has 7 heteroatoms. The Labute approximate surface area is 145 Å². The molecule has 0 radical (unpaired) electrons. The molecule has 0 bridgehead atoms. The molecule has 0 aromatic carbocycles. The van der Waals surface area contributed by atoms with Crippen molar-refractivity contribution in [2.45, 2.75) is 25.5 Å². The van der Waals surface area contributed by atoms with E-state index in [1.165, 1.54) is 5.69 Å². The van der Waals surface area contributed by atoms with E-state index in [4.69, 9.17) is 0 Å². The smallest absolute Gasteiger partial charge is 0.194 e. The maximum atomic E-state index is 10.4. The maximum absolute atomic E-state index is 10.4. The minimum absolute atomic E-state index is 0.462. The van der Waals surface area contributed by atoms with Crippen molar-refractivity contribution in [3.8, 4) is 0 Å². The van der Waals surface area contributed by atoms with Gasteiger partial charge in [0.15, 0.2) is 5.96 Å². The highest BCUT2D eigenvalue weighted by Crippen LogP contribution is 2.28. The number of guanidine groups is 1. The second kappa shape index (κ2) is 7.75. The highest BCUT2D eigenvalue weighted by atomic mass is 79.9. The molecular weight excluding hydrogens is 364 g/mol. The average Bonchev–Trinajstić information content (AvgIpc) is 3.01. The molecule has 0 amide bonds. The Morgan fingerprint density at radius 3 is 2.95 bits per heavy atom. The highest BCUT2D eigenvalue weighted by molar-refractivity contribution is 9.10. The molecule has 1 aromatic rings. The summed E-state index contributed by atoms with van der Waals surface area (Å²) in [6.07, 6.45) is 2.88. The number of thioether (sulfide) groups is 1. The Kier molecular flexibility index (Phi) is 6.23. The molecule has 2 rings (SSSR count). The lowest BCUT2D eigenvalue weighted by atomic mass is 10.1. The van der Waals surface area contributed by atoms with Crippen molar-refractivity contribution < 1.29 is 5.11 Å². The normalized spacial score (nSPS) is 22.1. The summed E-state index contributed by atoms with van der Waals surface area (Å²) in [7, 11) is 4.06. The standard InChI is InChI=1S/C15H25BrN4OS/c1-4-17-14(18-10-15(21)5-6-22-11-15)20(3)9-13-7-12(16)8-19(13)2/h7-8,21H,4-6,9-11H2,1-3H3,(H,17,18). The maximum Gasteiger partial charge on any atom is 0.194 e. The first-order valence-electron chi connectivity index (χ1n) is 7.54. The van der Waals surface area contributed by atoms with Crippen molar-refractivity contribution in [2.24, 2.45) is 12.0 Å². The summed E-state index contributed by atoms with van der Waals surface area (Å²) in [5.41, 5.74) is 0.565. The average molecular weight is 389 g/mol. The lowest BCUT2D eigenvalue weighted by Gasteiger charge is -2.24. The summed E-state index contributed by atoms with van der Waals surface area (Å²) in [6, 6.07) is 2.11. The zero-order valence-electron chi connectivity index (χ0n) is 13.5. The van der Waals surface area contributed by atoms with Crippen molar-refractivity contribution in [1.82, 2.24) is 14.8 Å². The first-order valence-corrected chi connectivity index (χ1v) is 9.48. The molecule has 22 heavy (non-hydrogen) atoms. The summed E-state index contributed by atoms with van der Waals surface area (Å²) in [5, 5.41) is 13.7. The van der Waals surface area contributed by atoms with E-state index in [0.29, 0.717) is 6.54 Å². The number of aliphatic imine (C=N–C) groups is 1. The fourth-order valence-corrected chi connectivity index (χ4v) is 4.31. The Bertz CT molecular complexity index is 526. The molecule has 0 aliphatic carbocycles. The fraction of sp³-hybridized carbons (Fsp3) is 0.667. The van der Waals surface area contributed by atoms with E-state index in [-0.39, 0.29) is 0 Å². The van der Waals surface area contributed by atoms with Gasteiger partial charge in [0.25, 0.3) is 0 Å². The molecule has 2 heterocycles. The van der Waals surface area contributed by atoms with E-state index in [1.807, 2.05) is 20.3 Å². The van der Waals surface area contributed by atoms with Crippen molar-refractivity contribution in [3.05, 3.63) is 22.4 Å². The third-order valence-corrected chi connectivity index (χ3v) is 5.44. The first-order chi connectivity index (χ1) is 10.4. The molecule has 0 spiro atoms. The number of aliphatic hydroxyl groups is 1.